The molecular weight excluding hydrogens is 310 g/mol. The first kappa shape index (κ1) is 17.0. The summed E-state index contributed by atoms with van der Waals surface area (Å²) in [6, 6.07) is 3.61. The highest BCUT2D eigenvalue weighted by Crippen LogP contribution is 2.39. The summed E-state index contributed by atoms with van der Waals surface area (Å²) in [6.07, 6.45) is 4.21. The van der Waals surface area contributed by atoms with Gasteiger partial charge in [0, 0.05) is 19.6 Å². The Morgan fingerprint density at radius 2 is 2.25 bits per heavy atom. The zero-order valence-corrected chi connectivity index (χ0v) is 13.9. The molecule has 7 nitrogen and oxygen atoms in total. The fourth-order valence-corrected chi connectivity index (χ4v) is 3.82. The van der Waals surface area contributed by atoms with Crippen LogP contribution in [0.4, 0.5) is 0 Å². The van der Waals surface area contributed by atoms with Crippen LogP contribution in [0.25, 0.3) is 0 Å². The molecule has 0 unspecified atom stereocenters. The van der Waals surface area contributed by atoms with E-state index in [2.05, 4.69) is 10.2 Å². The van der Waals surface area contributed by atoms with Crippen molar-refractivity contribution in [3.8, 4) is 0 Å². The van der Waals surface area contributed by atoms with Crippen molar-refractivity contribution >= 4 is 11.8 Å². The molecule has 3 rings (SSSR count). The van der Waals surface area contributed by atoms with E-state index >= 15 is 0 Å². The quantitative estimate of drug-likeness (QED) is 0.776. The van der Waals surface area contributed by atoms with E-state index < -0.39 is 0 Å². The smallest absolute Gasteiger partial charge is 0.234 e. The van der Waals surface area contributed by atoms with Crippen LogP contribution in [-0.4, -0.2) is 66.1 Å². The first-order valence-electron chi connectivity index (χ1n) is 8.55. The van der Waals surface area contributed by atoms with E-state index in [0.29, 0.717) is 26.2 Å². The van der Waals surface area contributed by atoms with Gasteiger partial charge in [0.25, 0.3) is 0 Å². The van der Waals surface area contributed by atoms with Crippen LogP contribution in [0.15, 0.2) is 22.8 Å². The molecule has 1 aromatic rings. The van der Waals surface area contributed by atoms with Gasteiger partial charge < -0.3 is 19.7 Å². The summed E-state index contributed by atoms with van der Waals surface area (Å²) in [6.45, 7) is 3.20. The third-order valence-electron chi connectivity index (χ3n) is 5.03. The number of carbonyl (C=O) groups is 2. The molecule has 1 spiro atoms. The SMILES string of the molecule is O=C(CN1CC[C@@]2(CCCN(CCO)C2=O)C1)NCc1ccco1. The molecule has 7 heteroatoms. The van der Waals surface area contributed by atoms with Crippen LogP contribution in [0, 0.1) is 5.41 Å². The molecule has 0 aliphatic carbocycles. The van der Waals surface area contributed by atoms with E-state index in [1.807, 2.05) is 6.07 Å². The number of likely N-dealkylation sites (tertiary alicyclic amines) is 2. The predicted molar refractivity (Wildman–Crippen MR) is 86.9 cm³/mol. The normalized spacial score (nSPS) is 24.7. The maximum Gasteiger partial charge on any atom is 0.234 e. The van der Waals surface area contributed by atoms with Gasteiger partial charge in [-0.15, -0.1) is 0 Å². The Hall–Kier alpha value is -1.86. The molecule has 2 saturated heterocycles. The van der Waals surface area contributed by atoms with Gasteiger partial charge in [-0.25, -0.2) is 0 Å². The molecule has 2 N–H and O–H groups in total. The Balaban J connectivity index is 1.51. The topological polar surface area (TPSA) is 86.0 Å². The van der Waals surface area contributed by atoms with Crippen LogP contribution in [0.2, 0.25) is 0 Å². The second kappa shape index (κ2) is 7.36. The van der Waals surface area contributed by atoms with Crippen LogP contribution in [0.3, 0.4) is 0 Å². The molecule has 0 bridgehead atoms. The average Bonchev–Trinajstić information content (AvgIpc) is 3.21. The molecular formula is C17H25N3O4. The minimum absolute atomic E-state index is 0.000714. The third kappa shape index (κ3) is 3.62. The summed E-state index contributed by atoms with van der Waals surface area (Å²) in [4.78, 5) is 28.6. The first-order chi connectivity index (χ1) is 11.6. The van der Waals surface area contributed by atoms with Gasteiger partial charge in [-0.2, -0.15) is 0 Å². The molecule has 3 heterocycles. The van der Waals surface area contributed by atoms with E-state index in [1.165, 1.54) is 0 Å². The summed E-state index contributed by atoms with van der Waals surface area (Å²) in [5.74, 6) is 0.809. The molecule has 2 aliphatic rings. The molecule has 132 valence electrons. The average molecular weight is 335 g/mol. The van der Waals surface area contributed by atoms with Gasteiger partial charge in [-0.05, 0) is 37.9 Å². The second-order valence-electron chi connectivity index (χ2n) is 6.72. The zero-order valence-electron chi connectivity index (χ0n) is 13.9. The lowest BCUT2D eigenvalue weighted by Crippen LogP contribution is -2.51. The minimum Gasteiger partial charge on any atom is -0.467 e. The molecule has 2 fully saturated rings. The number of nitrogens with one attached hydrogen (secondary N) is 1. The van der Waals surface area contributed by atoms with Gasteiger partial charge >= 0.3 is 0 Å². The van der Waals surface area contributed by atoms with Crippen molar-refractivity contribution in [2.75, 3.05) is 39.3 Å². The number of hydrogen-bond donors (Lipinski definition) is 2. The minimum atomic E-state index is -0.366. The van der Waals surface area contributed by atoms with Crippen LogP contribution in [-0.2, 0) is 16.1 Å². The summed E-state index contributed by atoms with van der Waals surface area (Å²) in [5.41, 5.74) is -0.366. The van der Waals surface area contributed by atoms with Crippen LogP contribution in [0.5, 0.6) is 0 Å². The molecule has 0 saturated carbocycles. The molecule has 2 aliphatic heterocycles. The number of amides is 2. The van der Waals surface area contributed by atoms with Crippen molar-refractivity contribution in [2.45, 2.75) is 25.8 Å². The number of hydrogen-bond acceptors (Lipinski definition) is 5. The number of nitrogens with zero attached hydrogens (tertiary/aromatic N) is 2. The Morgan fingerprint density at radius 1 is 1.38 bits per heavy atom. The number of piperidine rings is 1. The maximum absolute atomic E-state index is 12.7. The van der Waals surface area contributed by atoms with Crippen LogP contribution >= 0.6 is 0 Å². The Labute approximate surface area is 141 Å². The predicted octanol–water partition coefficient (Wildman–Crippen LogP) is 0.203. The second-order valence-corrected chi connectivity index (χ2v) is 6.72. The highest BCUT2D eigenvalue weighted by atomic mass is 16.3. The van der Waals surface area contributed by atoms with Crippen molar-refractivity contribution in [2.24, 2.45) is 5.41 Å². The number of carbonyl (C=O) groups excluding carboxylic acids is 2. The van der Waals surface area contributed by atoms with Gasteiger partial charge in [0.1, 0.15) is 5.76 Å². The van der Waals surface area contributed by atoms with Gasteiger partial charge in [0.15, 0.2) is 0 Å². The molecule has 1 aromatic heterocycles. The number of aliphatic hydroxyl groups excluding tert-OH is 1. The van der Waals surface area contributed by atoms with Crippen molar-refractivity contribution in [3.63, 3.8) is 0 Å². The molecule has 2 amide bonds. The molecule has 0 aromatic carbocycles. The van der Waals surface area contributed by atoms with Gasteiger partial charge in [0.05, 0.1) is 31.4 Å². The lowest BCUT2D eigenvalue weighted by molar-refractivity contribution is -0.146. The van der Waals surface area contributed by atoms with E-state index in [4.69, 9.17) is 9.52 Å². The van der Waals surface area contributed by atoms with Crippen molar-refractivity contribution in [1.82, 2.24) is 15.1 Å². The van der Waals surface area contributed by atoms with E-state index in [0.717, 1.165) is 38.1 Å². The molecule has 1 atom stereocenters. The zero-order chi connectivity index (χ0) is 17.0. The fourth-order valence-electron chi connectivity index (χ4n) is 3.82. The molecule has 0 radical (unpaired) electrons. The summed E-state index contributed by atoms with van der Waals surface area (Å²) >= 11 is 0. The highest BCUT2D eigenvalue weighted by Gasteiger charge is 2.48. The summed E-state index contributed by atoms with van der Waals surface area (Å²) in [7, 11) is 0. The summed E-state index contributed by atoms with van der Waals surface area (Å²) < 4.78 is 5.19. The number of rotatable bonds is 6. The van der Waals surface area contributed by atoms with Crippen molar-refractivity contribution in [1.29, 1.82) is 0 Å². The number of furan rings is 1. The van der Waals surface area contributed by atoms with E-state index in [-0.39, 0.29) is 23.8 Å². The number of β-amino-alcohol motifs (C(OH)–C–C–N with tert-alkyl or cyclic N) is 1. The van der Waals surface area contributed by atoms with Gasteiger partial charge in [-0.1, -0.05) is 0 Å². The van der Waals surface area contributed by atoms with Crippen LogP contribution < -0.4 is 5.32 Å². The molecule has 24 heavy (non-hydrogen) atoms. The lowest BCUT2D eigenvalue weighted by Gasteiger charge is -2.39. The Kier molecular flexibility index (Phi) is 5.20. The van der Waals surface area contributed by atoms with Crippen LogP contribution in [0.1, 0.15) is 25.0 Å². The van der Waals surface area contributed by atoms with E-state index in [9.17, 15) is 9.59 Å². The monoisotopic (exact) mass is 335 g/mol. The third-order valence-corrected chi connectivity index (χ3v) is 5.03. The Morgan fingerprint density at radius 3 is 3.00 bits per heavy atom. The van der Waals surface area contributed by atoms with Crippen molar-refractivity contribution < 1.29 is 19.1 Å². The summed E-state index contributed by atoms with van der Waals surface area (Å²) in [5, 5.41) is 12.0. The first-order valence-corrected chi connectivity index (χ1v) is 8.55. The van der Waals surface area contributed by atoms with Crippen molar-refractivity contribution in [3.05, 3.63) is 24.2 Å². The Bertz CT molecular complexity index is 572. The largest absolute Gasteiger partial charge is 0.467 e. The van der Waals surface area contributed by atoms with E-state index in [1.54, 1.807) is 17.2 Å². The van der Waals surface area contributed by atoms with Gasteiger partial charge in [0.2, 0.25) is 11.8 Å². The standard InChI is InChI=1S/C17H25N3O4/c21-9-8-20-6-2-4-17(16(20)23)5-7-19(13-17)12-15(22)18-11-14-3-1-10-24-14/h1,3,10,21H,2,4-9,11-13H2,(H,18,22)/t17-/m0/s1. The highest BCUT2D eigenvalue weighted by molar-refractivity contribution is 5.84. The maximum atomic E-state index is 12.7. The fraction of sp³-hybridized carbons (Fsp3) is 0.647. The lowest BCUT2D eigenvalue weighted by atomic mass is 9.78. The van der Waals surface area contributed by atoms with Gasteiger partial charge in [-0.3, -0.25) is 14.5 Å². The number of aliphatic hydroxyl groups is 1.